The van der Waals surface area contributed by atoms with Crippen LogP contribution in [0.5, 0.6) is 5.75 Å². The molecule has 1 heterocycles. The minimum Gasteiger partial charge on any atom is -0.435 e. The summed E-state index contributed by atoms with van der Waals surface area (Å²) in [5, 5.41) is 0. The van der Waals surface area contributed by atoms with Crippen molar-refractivity contribution in [2.45, 2.75) is 32.4 Å². The predicted molar refractivity (Wildman–Crippen MR) is 80.1 cm³/mol. The number of halogens is 2. The molecule has 0 saturated carbocycles. The van der Waals surface area contributed by atoms with Crippen LogP contribution in [0.15, 0.2) is 24.3 Å². The average molecular weight is 312 g/mol. The highest BCUT2D eigenvalue weighted by Gasteiger charge is 2.28. The molecule has 0 spiro atoms. The lowest BCUT2D eigenvalue weighted by atomic mass is 10.1. The van der Waals surface area contributed by atoms with E-state index in [0.717, 1.165) is 19.5 Å². The normalized spacial score (nSPS) is 19.5. The zero-order valence-electron chi connectivity index (χ0n) is 13.0. The zero-order chi connectivity index (χ0) is 16.1. The smallest absolute Gasteiger partial charge is 0.387 e. The molecule has 1 aliphatic heterocycles. The van der Waals surface area contributed by atoms with Crippen molar-refractivity contribution >= 4 is 5.91 Å². The Balaban J connectivity index is 2.08. The van der Waals surface area contributed by atoms with Crippen molar-refractivity contribution < 1.29 is 18.3 Å². The number of amides is 1. The van der Waals surface area contributed by atoms with Crippen molar-refractivity contribution in [3.63, 3.8) is 0 Å². The van der Waals surface area contributed by atoms with E-state index >= 15 is 0 Å². The van der Waals surface area contributed by atoms with Crippen LogP contribution in [-0.4, -0.2) is 55.0 Å². The lowest BCUT2D eigenvalue weighted by Crippen LogP contribution is -2.54. The molecule has 1 saturated heterocycles. The maximum atomic E-state index is 12.5. The van der Waals surface area contributed by atoms with Gasteiger partial charge in [-0.2, -0.15) is 8.78 Å². The molecule has 122 valence electrons. The van der Waals surface area contributed by atoms with Crippen LogP contribution < -0.4 is 4.74 Å². The Hall–Kier alpha value is -1.69. The molecule has 1 aromatic rings. The number of benzene rings is 1. The van der Waals surface area contributed by atoms with Crippen molar-refractivity contribution in [1.82, 2.24) is 9.80 Å². The molecule has 4 nitrogen and oxygen atoms in total. The first-order valence-electron chi connectivity index (χ1n) is 7.52. The minimum absolute atomic E-state index is 0.0368. The highest BCUT2D eigenvalue weighted by molar-refractivity contribution is 5.80. The Bertz CT molecular complexity index is 511. The molecule has 1 atom stereocenters. The number of alkyl halides is 2. The molecule has 1 aromatic carbocycles. The topological polar surface area (TPSA) is 32.8 Å². The van der Waals surface area contributed by atoms with Gasteiger partial charge in [-0.05, 0) is 19.5 Å². The predicted octanol–water partition coefficient (Wildman–Crippen LogP) is 2.38. The molecule has 0 bridgehead atoms. The monoisotopic (exact) mass is 312 g/mol. The van der Waals surface area contributed by atoms with Gasteiger partial charge in [-0.25, -0.2) is 0 Å². The summed E-state index contributed by atoms with van der Waals surface area (Å²) in [5.74, 6) is 0.0401. The van der Waals surface area contributed by atoms with E-state index in [-0.39, 0.29) is 24.1 Å². The third-order valence-electron chi connectivity index (χ3n) is 4.01. The second-order valence-electron chi connectivity index (χ2n) is 5.57. The van der Waals surface area contributed by atoms with Gasteiger partial charge >= 0.3 is 6.61 Å². The fourth-order valence-electron chi connectivity index (χ4n) is 2.81. The second kappa shape index (κ2) is 7.54. The Morgan fingerprint density at radius 2 is 2.09 bits per heavy atom. The summed E-state index contributed by atoms with van der Waals surface area (Å²) in [6, 6.07) is 6.65. The van der Waals surface area contributed by atoms with Gasteiger partial charge in [0.2, 0.25) is 5.91 Å². The van der Waals surface area contributed by atoms with Gasteiger partial charge in [0, 0.05) is 31.2 Å². The van der Waals surface area contributed by atoms with E-state index in [9.17, 15) is 13.6 Å². The number of ether oxygens (including phenoxy) is 1. The summed E-state index contributed by atoms with van der Waals surface area (Å²) in [5.41, 5.74) is 0.501. The first kappa shape index (κ1) is 16.7. The maximum Gasteiger partial charge on any atom is 0.387 e. The van der Waals surface area contributed by atoms with Gasteiger partial charge in [0.1, 0.15) is 5.75 Å². The van der Waals surface area contributed by atoms with Crippen LogP contribution in [0.3, 0.4) is 0 Å². The summed E-state index contributed by atoms with van der Waals surface area (Å²) < 4.78 is 29.3. The summed E-state index contributed by atoms with van der Waals surface area (Å²) in [6.07, 6.45) is 0.967. The fraction of sp³-hybridized carbons (Fsp3) is 0.562. The largest absolute Gasteiger partial charge is 0.435 e. The molecular formula is C16H22F2N2O2. The van der Waals surface area contributed by atoms with Crippen LogP contribution in [-0.2, 0) is 11.2 Å². The van der Waals surface area contributed by atoms with E-state index in [4.69, 9.17) is 0 Å². The number of nitrogens with zero attached hydrogens (tertiary/aromatic N) is 2. The number of carbonyl (C=O) groups is 1. The number of para-hydroxylation sites is 1. The lowest BCUT2D eigenvalue weighted by molar-refractivity contribution is -0.135. The molecule has 22 heavy (non-hydrogen) atoms. The number of carbonyl (C=O) groups excluding carboxylic acids is 1. The SMILES string of the molecule is CCC1CN(C)CCN1C(=O)Cc1ccccc1OC(F)F. The summed E-state index contributed by atoms with van der Waals surface area (Å²) in [4.78, 5) is 16.6. The molecule has 0 radical (unpaired) electrons. The van der Waals surface area contributed by atoms with Gasteiger partial charge in [0.05, 0.1) is 6.42 Å². The van der Waals surface area contributed by atoms with E-state index in [2.05, 4.69) is 16.6 Å². The number of hydrogen-bond acceptors (Lipinski definition) is 3. The van der Waals surface area contributed by atoms with Crippen LogP contribution in [0.1, 0.15) is 18.9 Å². The second-order valence-corrected chi connectivity index (χ2v) is 5.57. The first-order valence-corrected chi connectivity index (χ1v) is 7.52. The van der Waals surface area contributed by atoms with E-state index in [0.29, 0.717) is 12.1 Å². The van der Waals surface area contributed by atoms with Crippen LogP contribution in [0.4, 0.5) is 8.78 Å². The summed E-state index contributed by atoms with van der Waals surface area (Å²) >= 11 is 0. The number of likely N-dealkylation sites (N-methyl/N-ethyl adjacent to an activating group) is 1. The Morgan fingerprint density at radius 3 is 2.77 bits per heavy atom. The summed E-state index contributed by atoms with van der Waals surface area (Å²) in [6.45, 7) is 1.52. The molecule has 0 N–H and O–H groups in total. The number of hydrogen-bond donors (Lipinski definition) is 0. The van der Waals surface area contributed by atoms with Crippen molar-refractivity contribution in [2.75, 3.05) is 26.7 Å². The fourth-order valence-corrected chi connectivity index (χ4v) is 2.81. The van der Waals surface area contributed by atoms with Crippen molar-refractivity contribution in [2.24, 2.45) is 0 Å². The number of rotatable bonds is 5. The lowest BCUT2D eigenvalue weighted by Gasteiger charge is -2.39. The molecule has 1 aliphatic rings. The minimum atomic E-state index is -2.89. The van der Waals surface area contributed by atoms with E-state index in [1.54, 1.807) is 18.2 Å². The highest BCUT2D eigenvalue weighted by atomic mass is 19.3. The van der Waals surface area contributed by atoms with Crippen LogP contribution in [0, 0.1) is 0 Å². The van der Waals surface area contributed by atoms with Gasteiger partial charge in [-0.15, -0.1) is 0 Å². The van der Waals surface area contributed by atoms with Gasteiger partial charge < -0.3 is 14.5 Å². The molecule has 1 amide bonds. The van der Waals surface area contributed by atoms with Gasteiger partial charge in [0.15, 0.2) is 0 Å². The maximum absolute atomic E-state index is 12.5. The van der Waals surface area contributed by atoms with Crippen molar-refractivity contribution in [3.8, 4) is 5.75 Å². The first-order chi connectivity index (χ1) is 10.5. The van der Waals surface area contributed by atoms with Crippen LogP contribution in [0.2, 0.25) is 0 Å². The van der Waals surface area contributed by atoms with Gasteiger partial charge in [-0.3, -0.25) is 4.79 Å². The van der Waals surface area contributed by atoms with E-state index in [1.807, 2.05) is 11.9 Å². The summed E-state index contributed by atoms with van der Waals surface area (Å²) in [7, 11) is 2.04. The van der Waals surface area contributed by atoms with E-state index < -0.39 is 6.61 Å². The van der Waals surface area contributed by atoms with Crippen molar-refractivity contribution in [1.29, 1.82) is 0 Å². The van der Waals surface area contributed by atoms with Crippen LogP contribution >= 0.6 is 0 Å². The zero-order valence-corrected chi connectivity index (χ0v) is 13.0. The molecule has 0 aromatic heterocycles. The molecule has 6 heteroatoms. The average Bonchev–Trinajstić information content (AvgIpc) is 2.48. The highest BCUT2D eigenvalue weighted by Crippen LogP contribution is 2.22. The Kier molecular flexibility index (Phi) is 5.71. The molecule has 1 fully saturated rings. The molecule has 0 aliphatic carbocycles. The standard InChI is InChI=1S/C16H22F2N2O2/c1-3-13-11-19(2)8-9-20(13)15(21)10-12-6-4-5-7-14(12)22-16(17)18/h4-7,13,16H,3,8-11H2,1-2H3. The third kappa shape index (κ3) is 4.16. The third-order valence-corrected chi connectivity index (χ3v) is 4.01. The Morgan fingerprint density at radius 1 is 1.36 bits per heavy atom. The van der Waals surface area contributed by atoms with Gasteiger partial charge in [-0.1, -0.05) is 25.1 Å². The van der Waals surface area contributed by atoms with Crippen molar-refractivity contribution in [3.05, 3.63) is 29.8 Å². The van der Waals surface area contributed by atoms with Gasteiger partial charge in [0.25, 0.3) is 0 Å². The molecule has 1 unspecified atom stereocenters. The Labute approximate surface area is 129 Å². The quantitative estimate of drug-likeness (QED) is 0.837. The van der Waals surface area contributed by atoms with E-state index in [1.165, 1.54) is 6.07 Å². The molecule has 2 rings (SSSR count). The molecular weight excluding hydrogens is 290 g/mol. The number of piperazine rings is 1. The van der Waals surface area contributed by atoms with Crippen LogP contribution in [0.25, 0.3) is 0 Å².